The van der Waals surface area contributed by atoms with Gasteiger partial charge in [-0.2, -0.15) is 0 Å². The largest absolute Gasteiger partial charge is 0.491 e. The highest BCUT2D eigenvalue weighted by molar-refractivity contribution is 7.10. The Morgan fingerprint density at radius 2 is 1.91 bits per heavy atom. The Morgan fingerprint density at radius 3 is 2.58 bits per heavy atom. The summed E-state index contributed by atoms with van der Waals surface area (Å²) in [6, 6.07) is 9.97. The Labute approximate surface area is 202 Å². The summed E-state index contributed by atoms with van der Waals surface area (Å²) in [6.45, 7) is 12.2. The molecule has 2 aromatic rings. The smallest absolute Gasteiger partial charge is 0.242 e. The van der Waals surface area contributed by atoms with Gasteiger partial charge in [0.15, 0.2) is 0 Å². The van der Waals surface area contributed by atoms with Gasteiger partial charge in [-0.25, -0.2) is 0 Å². The van der Waals surface area contributed by atoms with E-state index in [4.69, 9.17) is 4.74 Å². The molecule has 0 N–H and O–H groups in total. The molecule has 0 unspecified atom stereocenters. The molecule has 0 saturated carbocycles. The monoisotopic (exact) mass is 470 g/mol. The molecule has 2 amide bonds. The molecule has 180 valence electrons. The van der Waals surface area contributed by atoms with Gasteiger partial charge >= 0.3 is 0 Å². The van der Waals surface area contributed by atoms with Crippen molar-refractivity contribution in [3.8, 4) is 5.75 Å². The highest BCUT2D eigenvalue weighted by Crippen LogP contribution is 2.34. The highest BCUT2D eigenvalue weighted by atomic mass is 32.1. The predicted octanol–water partition coefficient (Wildman–Crippen LogP) is 5.48. The zero-order chi connectivity index (χ0) is 24.0. The van der Waals surface area contributed by atoms with Crippen molar-refractivity contribution < 1.29 is 14.3 Å². The van der Waals surface area contributed by atoms with Gasteiger partial charge in [0.1, 0.15) is 12.4 Å². The lowest BCUT2D eigenvalue weighted by Gasteiger charge is -2.37. The summed E-state index contributed by atoms with van der Waals surface area (Å²) in [5, 5.41) is 2.10. The fourth-order valence-corrected chi connectivity index (χ4v) is 5.10. The Bertz CT molecular complexity index is 922. The first kappa shape index (κ1) is 25.3. The highest BCUT2D eigenvalue weighted by Gasteiger charge is 2.33. The van der Waals surface area contributed by atoms with E-state index < -0.39 is 0 Å². The normalized spacial score (nSPS) is 16.4. The zero-order valence-corrected chi connectivity index (χ0v) is 21.5. The van der Waals surface area contributed by atoms with Crippen LogP contribution in [0.4, 0.5) is 0 Å². The summed E-state index contributed by atoms with van der Waals surface area (Å²) in [4.78, 5) is 31.5. The minimum atomic E-state index is -0.139. The summed E-state index contributed by atoms with van der Waals surface area (Å²) in [5.41, 5.74) is 2.36. The van der Waals surface area contributed by atoms with Gasteiger partial charge in [-0.15, -0.1) is 11.3 Å². The Hall–Kier alpha value is -2.34. The molecule has 0 spiro atoms. The molecule has 5 nitrogen and oxygen atoms in total. The predicted molar refractivity (Wildman–Crippen MR) is 135 cm³/mol. The second-order valence-electron chi connectivity index (χ2n) is 9.66. The fraction of sp³-hybridized carbons (Fsp3) is 0.556. The molecule has 1 aromatic heterocycles. The minimum Gasteiger partial charge on any atom is -0.491 e. The first-order chi connectivity index (χ1) is 15.8. The molecule has 33 heavy (non-hydrogen) atoms. The number of benzene rings is 1. The second-order valence-corrected chi connectivity index (χ2v) is 10.7. The number of fused-ring (bicyclic) bond motifs is 1. The van der Waals surface area contributed by atoms with Crippen molar-refractivity contribution in [2.45, 2.75) is 59.9 Å². The van der Waals surface area contributed by atoms with Crippen LogP contribution in [0.2, 0.25) is 0 Å². The Morgan fingerprint density at radius 1 is 1.18 bits per heavy atom. The van der Waals surface area contributed by atoms with E-state index in [0.717, 1.165) is 18.6 Å². The van der Waals surface area contributed by atoms with Crippen molar-refractivity contribution in [2.75, 3.05) is 26.2 Å². The van der Waals surface area contributed by atoms with Gasteiger partial charge in [0.05, 0.1) is 12.6 Å². The maximum absolute atomic E-state index is 13.5. The van der Waals surface area contributed by atoms with Crippen LogP contribution in [0.3, 0.4) is 0 Å². The molecule has 3 rings (SSSR count). The van der Waals surface area contributed by atoms with E-state index in [1.54, 1.807) is 16.2 Å². The molecule has 6 heteroatoms. The summed E-state index contributed by atoms with van der Waals surface area (Å²) in [5.74, 6) is 1.51. The number of thiophene rings is 1. The molecule has 0 saturated heterocycles. The topological polar surface area (TPSA) is 49.9 Å². The Balaban J connectivity index is 1.76. The standard InChI is InChI=1S/C27H38N2O3S/c1-6-20(4)16-28(26(30)15-19(2)3)17-27(31)29-13-11-25-23(12-14-33-25)24(29)18-32-22-9-7-21(5)8-10-22/h7-10,12,14,19-20,24H,6,11,13,15-18H2,1-5H3/t20-,24+/m1/s1. The lowest BCUT2D eigenvalue weighted by Crippen LogP contribution is -2.48. The SMILES string of the molecule is CC[C@@H](C)CN(CC(=O)N1CCc2sccc2[C@@H]1COc1ccc(C)cc1)C(=O)CC(C)C. The quantitative estimate of drug-likeness (QED) is 0.462. The molecule has 2 atom stereocenters. The summed E-state index contributed by atoms with van der Waals surface area (Å²) in [7, 11) is 0. The third kappa shape index (κ3) is 6.83. The van der Waals surface area contributed by atoms with Gasteiger partial charge in [0.2, 0.25) is 11.8 Å². The first-order valence-electron chi connectivity index (χ1n) is 12.1. The number of aryl methyl sites for hydroxylation is 1. The molecular formula is C27H38N2O3S. The number of amides is 2. The molecule has 0 aliphatic carbocycles. The number of ether oxygens (including phenoxy) is 1. The van der Waals surface area contributed by atoms with Crippen LogP contribution in [0.1, 0.15) is 62.6 Å². The summed E-state index contributed by atoms with van der Waals surface area (Å²) < 4.78 is 6.12. The van der Waals surface area contributed by atoms with Gasteiger partial charge in [0, 0.05) is 24.4 Å². The molecule has 1 aliphatic heterocycles. The first-order valence-corrected chi connectivity index (χ1v) is 13.0. The van der Waals surface area contributed by atoms with Crippen LogP contribution in [0.25, 0.3) is 0 Å². The molecule has 0 fully saturated rings. The van der Waals surface area contributed by atoms with Crippen molar-refractivity contribution in [3.05, 3.63) is 51.7 Å². The molecule has 2 heterocycles. The fourth-order valence-electron chi connectivity index (χ4n) is 4.18. The average Bonchev–Trinajstić information content (AvgIpc) is 3.26. The number of carbonyl (C=O) groups excluding carboxylic acids is 2. The lowest BCUT2D eigenvalue weighted by atomic mass is 10.00. The maximum atomic E-state index is 13.5. The van der Waals surface area contributed by atoms with E-state index in [1.807, 2.05) is 43.0 Å². The molecule has 1 aliphatic rings. The van der Waals surface area contributed by atoms with Gasteiger partial charge in [0.25, 0.3) is 0 Å². The van der Waals surface area contributed by atoms with E-state index in [9.17, 15) is 9.59 Å². The molecule has 1 aromatic carbocycles. The minimum absolute atomic E-state index is 0.00441. The van der Waals surface area contributed by atoms with Crippen LogP contribution in [-0.4, -0.2) is 47.9 Å². The van der Waals surface area contributed by atoms with E-state index in [1.165, 1.54) is 16.0 Å². The van der Waals surface area contributed by atoms with E-state index in [-0.39, 0.29) is 30.3 Å². The lowest BCUT2D eigenvalue weighted by molar-refractivity contribution is -0.143. The van der Waals surface area contributed by atoms with Gasteiger partial charge < -0.3 is 14.5 Å². The van der Waals surface area contributed by atoms with Crippen molar-refractivity contribution in [1.82, 2.24) is 9.80 Å². The number of nitrogens with zero attached hydrogens (tertiary/aromatic N) is 2. The second kappa shape index (κ2) is 11.7. The van der Waals surface area contributed by atoms with E-state index in [0.29, 0.717) is 32.0 Å². The van der Waals surface area contributed by atoms with E-state index in [2.05, 4.69) is 32.2 Å². The van der Waals surface area contributed by atoms with Crippen LogP contribution in [-0.2, 0) is 16.0 Å². The summed E-state index contributed by atoms with van der Waals surface area (Å²) >= 11 is 1.75. The van der Waals surface area contributed by atoms with Crippen molar-refractivity contribution in [1.29, 1.82) is 0 Å². The van der Waals surface area contributed by atoms with Crippen molar-refractivity contribution >= 4 is 23.2 Å². The number of hydrogen-bond acceptors (Lipinski definition) is 4. The van der Waals surface area contributed by atoms with Crippen LogP contribution in [0.15, 0.2) is 35.7 Å². The molecule has 0 bridgehead atoms. The van der Waals surface area contributed by atoms with E-state index >= 15 is 0 Å². The van der Waals surface area contributed by atoms with Gasteiger partial charge in [-0.1, -0.05) is 51.8 Å². The maximum Gasteiger partial charge on any atom is 0.242 e. The van der Waals surface area contributed by atoms with Crippen LogP contribution in [0.5, 0.6) is 5.75 Å². The zero-order valence-electron chi connectivity index (χ0n) is 20.7. The van der Waals surface area contributed by atoms with Gasteiger partial charge in [-0.3, -0.25) is 9.59 Å². The number of hydrogen-bond donors (Lipinski definition) is 0. The number of carbonyl (C=O) groups is 2. The summed E-state index contributed by atoms with van der Waals surface area (Å²) in [6.07, 6.45) is 2.30. The average molecular weight is 471 g/mol. The Kier molecular flexibility index (Phi) is 8.95. The van der Waals surface area contributed by atoms with Crippen LogP contribution < -0.4 is 4.74 Å². The number of rotatable bonds is 10. The van der Waals surface area contributed by atoms with Gasteiger partial charge in [-0.05, 0) is 54.3 Å². The van der Waals surface area contributed by atoms with Crippen molar-refractivity contribution in [2.24, 2.45) is 11.8 Å². The molecule has 0 radical (unpaired) electrons. The van der Waals surface area contributed by atoms with Crippen LogP contribution >= 0.6 is 11.3 Å². The molecular weight excluding hydrogens is 432 g/mol. The van der Waals surface area contributed by atoms with Crippen molar-refractivity contribution in [3.63, 3.8) is 0 Å². The third-order valence-electron chi connectivity index (χ3n) is 6.33. The van der Waals surface area contributed by atoms with Crippen LogP contribution in [0, 0.1) is 18.8 Å². The third-order valence-corrected chi connectivity index (χ3v) is 7.33.